The summed E-state index contributed by atoms with van der Waals surface area (Å²) >= 11 is 0. The summed E-state index contributed by atoms with van der Waals surface area (Å²) in [5.41, 5.74) is 0. The molecule has 0 heterocycles. The second kappa shape index (κ2) is 20.0. The number of unbranched alkanes of at least 4 members (excludes halogenated alkanes) is 2. The Morgan fingerprint density at radius 1 is 0.870 bits per heavy atom. The molecule has 0 saturated carbocycles. The van der Waals surface area contributed by atoms with Gasteiger partial charge >= 0.3 is 59.2 Å². The maximum absolute atomic E-state index is 8.88. The van der Waals surface area contributed by atoms with Gasteiger partial charge in [0.05, 0.1) is 0 Å². The van der Waals surface area contributed by atoms with E-state index < -0.39 is 7.82 Å². The second-order valence-corrected chi connectivity index (χ2v) is 6.91. The first-order valence-corrected chi connectivity index (χ1v) is 10.2. The summed E-state index contributed by atoms with van der Waals surface area (Å²) in [5.74, 6) is 1.58. The van der Waals surface area contributed by atoms with Gasteiger partial charge < -0.3 is 20.8 Å². The van der Waals surface area contributed by atoms with Crippen LogP contribution in [0.4, 0.5) is 0 Å². The monoisotopic (exact) mass is 380 g/mol. The standard InChI is InChI=1S/C16H34O.K.H3O4P.H/c1-5-9-11-15(7-3)13-17-14-16(8-4)12-10-6-2;;1-5(2,3)4;/h15-16H,5-14H2,1-4H3;;(H3,1,2,3,4);/q;+1;;-1. The third kappa shape index (κ3) is 28.8. The fourth-order valence-electron chi connectivity index (χ4n) is 2.20. The molecule has 0 radical (unpaired) electrons. The van der Waals surface area contributed by atoms with Crippen LogP contribution in [0.3, 0.4) is 0 Å². The molecule has 0 aliphatic carbocycles. The summed E-state index contributed by atoms with van der Waals surface area (Å²) in [7, 11) is -4.64. The van der Waals surface area contributed by atoms with Crippen LogP contribution in [-0.2, 0) is 9.30 Å². The molecule has 2 unspecified atom stereocenters. The Kier molecular flexibility index (Phi) is 25.7. The van der Waals surface area contributed by atoms with Crippen molar-refractivity contribution >= 4 is 7.82 Å². The van der Waals surface area contributed by atoms with E-state index in [1.807, 2.05) is 0 Å². The van der Waals surface area contributed by atoms with Crippen LogP contribution in [0.2, 0.25) is 0 Å². The van der Waals surface area contributed by atoms with E-state index >= 15 is 0 Å². The van der Waals surface area contributed by atoms with E-state index in [0.717, 1.165) is 25.0 Å². The van der Waals surface area contributed by atoms with Crippen molar-refractivity contribution in [2.45, 2.75) is 79.1 Å². The molecule has 0 fully saturated rings. The second-order valence-electron chi connectivity index (χ2n) is 5.88. The Morgan fingerprint density at radius 3 is 1.39 bits per heavy atom. The fourth-order valence-corrected chi connectivity index (χ4v) is 2.20. The van der Waals surface area contributed by atoms with Crippen LogP contribution < -0.4 is 51.4 Å². The zero-order chi connectivity index (χ0) is 17.4. The van der Waals surface area contributed by atoms with Crippen LogP contribution in [-0.4, -0.2) is 27.9 Å². The van der Waals surface area contributed by atoms with Gasteiger partial charge in [0.2, 0.25) is 0 Å². The quantitative estimate of drug-likeness (QED) is 0.354. The van der Waals surface area contributed by atoms with E-state index in [0.29, 0.717) is 0 Å². The molecule has 0 amide bonds. The summed E-state index contributed by atoms with van der Waals surface area (Å²) in [6.45, 7) is 11.1. The molecule has 0 aromatic rings. The van der Waals surface area contributed by atoms with Crippen molar-refractivity contribution in [3.63, 3.8) is 0 Å². The number of phosphoric acid groups is 1. The van der Waals surface area contributed by atoms with Crippen molar-refractivity contribution in [1.29, 1.82) is 0 Å². The van der Waals surface area contributed by atoms with Gasteiger partial charge in [-0.05, 0) is 24.7 Å². The normalized spacial score (nSPS) is 13.5. The van der Waals surface area contributed by atoms with Gasteiger partial charge in [-0.2, -0.15) is 0 Å². The van der Waals surface area contributed by atoms with Gasteiger partial charge in [0.25, 0.3) is 0 Å². The van der Waals surface area contributed by atoms with Crippen molar-refractivity contribution < 1.29 is 76.8 Å². The number of ether oxygens (including phenoxy) is 1. The van der Waals surface area contributed by atoms with E-state index in [2.05, 4.69) is 27.7 Å². The van der Waals surface area contributed by atoms with Crippen LogP contribution >= 0.6 is 7.82 Å². The van der Waals surface area contributed by atoms with Crippen LogP contribution in [0.5, 0.6) is 0 Å². The van der Waals surface area contributed by atoms with Gasteiger partial charge in [0.1, 0.15) is 0 Å². The molecule has 0 aromatic carbocycles. The number of rotatable bonds is 12. The van der Waals surface area contributed by atoms with Gasteiger partial charge in [0, 0.05) is 13.2 Å². The summed E-state index contributed by atoms with van der Waals surface area (Å²) < 4.78 is 14.8. The number of hydrogen-bond donors (Lipinski definition) is 3. The molecular formula is C16H38KO5P. The number of hydrogen-bond acceptors (Lipinski definition) is 2. The first-order chi connectivity index (χ1) is 10.3. The summed E-state index contributed by atoms with van der Waals surface area (Å²) in [6, 6.07) is 0. The Bertz CT molecular complexity index is 255. The molecule has 7 heteroatoms. The van der Waals surface area contributed by atoms with Gasteiger partial charge in [-0.15, -0.1) is 0 Å². The molecule has 0 spiro atoms. The Balaban J connectivity index is -0.000000250. The Labute approximate surface area is 187 Å². The van der Waals surface area contributed by atoms with E-state index in [1.54, 1.807) is 0 Å². The van der Waals surface area contributed by atoms with E-state index in [-0.39, 0.29) is 52.8 Å². The minimum Gasteiger partial charge on any atom is -1.00 e. The third-order valence-corrected chi connectivity index (χ3v) is 3.79. The average molecular weight is 381 g/mol. The Hall–Kier alpha value is 1.71. The molecule has 5 nitrogen and oxygen atoms in total. The summed E-state index contributed by atoms with van der Waals surface area (Å²) in [6.07, 6.45) is 10.6. The molecule has 0 aliphatic heterocycles. The third-order valence-electron chi connectivity index (χ3n) is 3.79. The molecule has 2 atom stereocenters. The van der Waals surface area contributed by atoms with Crippen molar-refractivity contribution in [2.75, 3.05) is 13.2 Å². The van der Waals surface area contributed by atoms with E-state index in [9.17, 15) is 0 Å². The van der Waals surface area contributed by atoms with E-state index in [4.69, 9.17) is 24.0 Å². The largest absolute Gasteiger partial charge is 1.00 e. The van der Waals surface area contributed by atoms with Crippen molar-refractivity contribution in [3.8, 4) is 0 Å². The molecular weight excluding hydrogens is 342 g/mol. The van der Waals surface area contributed by atoms with Gasteiger partial charge in [0.15, 0.2) is 0 Å². The predicted molar refractivity (Wildman–Crippen MR) is 92.8 cm³/mol. The van der Waals surface area contributed by atoms with Crippen molar-refractivity contribution in [1.82, 2.24) is 0 Å². The zero-order valence-electron chi connectivity index (χ0n) is 16.8. The predicted octanol–water partition coefficient (Wildman–Crippen LogP) is 1.62. The molecule has 138 valence electrons. The molecule has 0 saturated heterocycles. The molecule has 0 bridgehead atoms. The average Bonchev–Trinajstić information content (AvgIpc) is 2.44. The van der Waals surface area contributed by atoms with Crippen molar-refractivity contribution in [2.24, 2.45) is 11.8 Å². The van der Waals surface area contributed by atoms with Crippen molar-refractivity contribution in [3.05, 3.63) is 0 Å². The Morgan fingerprint density at radius 2 is 1.17 bits per heavy atom. The molecule has 0 aromatic heterocycles. The minimum atomic E-state index is -4.64. The summed E-state index contributed by atoms with van der Waals surface area (Å²) in [5, 5.41) is 0. The maximum Gasteiger partial charge on any atom is 1.00 e. The van der Waals surface area contributed by atoms with Gasteiger partial charge in [-0.3, -0.25) is 0 Å². The van der Waals surface area contributed by atoms with Crippen LogP contribution in [0, 0.1) is 11.8 Å². The zero-order valence-corrected chi connectivity index (χ0v) is 19.8. The van der Waals surface area contributed by atoms with Crippen LogP contribution in [0.1, 0.15) is 80.5 Å². The molecule has 23 heavy (non-hydrogen) atoms. The van der Waals surface area contributed by atoms with Gasteiger partial charge in [-0.1, -0.05) is 66.2 Å². The SMILES string of the molecule is CCCCC(CC)COCC(CC)CCCC.O=P(O)(O)O.[H-].[K+]. The topological polar surface area (TPSA) is 87.0 Å². The first kappa shape index (κ1) is 29.5. The molecule has 0 aliphatic rings. The maximum atomic E-state index is 8.88. The van der Waals surface area contributed by atoms with Gasteiger partial charge in [-0.25, -0.2) is 4.57 Å². The van der Waals surface area contributed by atoms with Crippen LogP contribution in [0.15, 0.2) is 0 Å². The minimum absolute atomic E-state index is 0. The van der Waals surface area contributed by atoms with Crippen LogP contribution in [0.25, 0.3) is 0 Å². The smallest absolute Gasteiger partial charge is 1.00 e. The molecule has 0 rings (SSSR count). The van der Waals surface area contributed by atoms with E-state index in [1.165, 1.54) is 51.4 Å². The summed E-state index contributed by atoms with van der Waals surface area (Å²) in [4.78, 5) is 21.6. The molecule has 3 N–H and O–H groups in total. The fraction of sp³-hybridized carbons (Fsp3) is 1.00. The first-order valence-electron chi connectivity index (χ1n) is 8.64.